The van der Waals surface area contributed by atoms with Gasteiger partial charge in [-0.2, -0.15) is 0 Å². The van der Waals surface area contributed by atoms with Gasteiger partial charge in [-0.15, -0.1) is 0 Å². The Bertz CT molecular complexity index is 519. The lowest BCUT2D eigenvalue weighted by molar-refractivity contribution is -0.149. The maximum atomic E-state index is 12.1. The van der Waals surface area contributed by atoms with Gasteiger partial charge in [0, 0.05) is 6.42 Å². The van der Waals surface area contributed by atoms with Gasteiger partial charge in [-0.1, -0.05) is 6.92 Å². The van der Waals surface area contributed by atoms with E-state index in [1.807, 2.05) is 0 Å². The first kappa shape index (κ1) is 16.3. The second-order valence-electron chi connectivity index (χ2n) is 6.59. The number of rotatable bonds is 4. The maximum Gasteiger partial charge on any atom is 0.329 e. The molecule has 1 saturated heterocycles. The maximum absolute atomic E-state index is 12.1. The quantitative estimate of drug-likeness (QED) is 0.804. The van der Waals surface area contributed by atoms with Crippen LogP contribution in [0, 0.1) is 11.8 Å². The number of carboxylic acid groups (broad SMARTS) is 1. The van der Waals surface area contributed by atoms with E-state index >= 15 is 0 Å². The number of carboxylic acids is 1. The molecule has 1 aliphatic heterocycles. The first-order chi connectivity index (χ1) is 9.72. The van der Waals surface area contributed by atoms with Crippen molar-refractivity contribution in [1.29, 1.82) is 0 Å². The zero-order valence-corrected chi connectivity index (χ0v) is 13.1. The third-order valence-corrected chi connectivity index (χ3v) is 6.55. The van der Waals surface area contributed by atoms with Crippen molar-refractivity contribution in [3.05, 3.63) is 0 Å². The summed E-state index contributed by atoms with van der Waals surface area (Å²) in [5, 5.41) is 12.1. The molecule has 1 atom stereocenters. The fourth-order valence-corrected chi connectivity index (χ4v) is 5.12. The zero-order chi connectivity index (χ0) is 15.7. The lowest BCUT2D eigenvalue weighted by atomic mass is 9.77. The van der Waals surface area contributed by atoms with E-state index in [0.717, 1.165) is 12.8 Å². The van der Waals surface area contributed by atoms with Gasteiger partial charge in [0.1, 0.15) is 5.54 Å². The van der Waals surface area contributed by atoms with Gasteiger partial charge in [-0.25, -0.2) is 13.2 Å². The van der Waals surface area contributed by atoms with Gasteiger partial charge in [0.05, 0.1) is 11.5 Å². The number of nitrogens with one attached hydrogen (secondary N) is 1. The molecule has 2 fully saturated rings. The van der Waals surface area contributed by atoms with Crippen molar-refractivity contribution >= 4 is 21.7 Å². The minimum absolute atomic E-state index is 0.0392. The minimum atomic E-state index is -3.01. The third kappa shape index (κ3) is 3.96. The highest BCUT2D eigenvalue weighted by Crippen LogP contribution is 2.32. The Hall–Kier alpha value is -1.11. The van der Waals surface area contributed by atoms with Crippen molar-refractivity contribution < 1.29 is 23.1 Å². The molecule has 0 bridgehead atoms. The molecule has 1 aliphatic carbocycles. The van der Waals surface area contributed by atoms with E-state index < -0.39 is 21.3 Å². The lowest BCUT2D eigenvalue weighted by Crippen LogP contribution is -2.56. The summed E-state index contributed by atoms with van der Waals surface area (Å²) in [4.78, 5) is 23.6. The monoisotopic (exact) mass is 317 g/mol. The van der Waals surface area contributed by atoms with Crippen LogP contribution in [-0.4, -0.2) is 42.4 Å². The Morgan fingerprint density at radius 2 is 1.86 bits per heavy atom. The standard InChI is InChI=1S/C14H23NO5S/c1-10-2-5-14(6-3-10,13(17)18)15-12(16)8-11-4-7-21(19,20)9-11/h10-11H,2-9H2,1H3,(H,15,16)(H,17,18). The number of amides is 1. The molecule has 7 heteroatoms. The van der Waals surface area contributed by atoms with Crippen molar-refractivity contribution in [2.75, 3.05) is 11.5 Å². The largest absolute Gasteiger partial charge is 0.480 e. The van der Waals surface area contributed by atoms with Crippen LogP contribution in [0.5, 0.6) is 0 Å². The van der Waals surface area contributed by atoms with E-state index in [4.69, 9.17) is 0 Å². The molecule has 1 heterocycles. The van der Waals surface area contributed by atoms with E-state index in [-0.39, 0.29) is 29.8 Å². The van der Waals surface area contributed by atoms with E-state index in [2.05, 4.69) is 12.2 Å². The van der Waals surface area contributed by atoms with Crippen molar-refractivity contribution in [2.24, 2.45) is 11.8 Å². The topological polar surface area (TPSA) is 101 Å². The average Bonchev–Trinajstić information content (AvgIpc) is 2.71. The summed E-state index contributed by atoms with van der Waals surface area (Å²) < 4.78 is 22.8. The molecule has 120 valence electrons. The van der Waals surface area contributed by atoms with Crippen molar-refractivity contribution in [3.8, 4) is 0 Å². The Balaban J connectivity index is 1.95. The third-order valence-electron chi connectivity index (χ3n) is 4.72. The van der Waals surface area contributed by atoms with Gasteiger partial charge in [0.2, 0.25) is 5.91 Å². The molecule has 0 aromatic rings. The second kappa shape index (κ2) is 5.94. The molecule has 2 rings (SSSR count). The fraction of sp³-hybridized carbons (Fsp3) is 0.857. The van der Waals surface area contributed by atoms with Crippen LogP contribution >= 0.6 is 0 Å². The van der Waals surface area contributed by atoms with Crippen molar-refractivity contribution in [3.63, 3.8) is 0 Å². The van der Waals surface area contributed by atoms with E-state index in [9.17, 15) is 23.1 Å². The second-order valence-corrected chi connectivity index (χ2v) is 8.82. The summed E-state index contributed by atoms with van der Waals surface area (Å²) in [5.41, 5.74) is -1.17. The van der Waals surface area contributed by atoms with Crippen LogP contribution in [0.15, 0.2) is 0 Å². The van der Waals surface area contributed by atoms with Crippen LogP contribution in [0.2, 0.25) is 0 Å². The first-order valence-electron chi connectivity index (χ1n) is 7.47. The summed E-state index contributed by atoms with van der Waals surface area (Å²) in [7, 11) is -3.01. The van der Waals surface area contributed by atoms with Crippen LogP contribution in [0.1, 0.15) is 45.4 Å². The average molecular weight is 317 g/mol. The van der Waals surface area contributed by atoms with E-state index in [0.29, 0.717) is 25.2 Å². The molecule has 0 aromatic carbocycles. The Kier molecular flexibility index (Phi) is 4.60. The molecule has 21 heavy (non-hydrogen) atoms. The fourth-order valence-electron chi connectivity index (χ4n) is 3.26. The molecule has 2 aliphatic rings. The van der Waals surface area contributed by atoms with E-state index in [1.165, 1.54) is 0 Å². The summed E-state index contributed by atoms with van der Waals surface area (Å²) in [6, 6.07) is 0. The molecule has 0 spiro atoms. The van der Waals surface area contributed by atoms with Gasteiger partial charge < -0.3 is 10.4 Å². The Morgan fingerprint density at radius 1 is 1.24 bits per heavy atom. The number of hydrogen-bond donors (Lipinski definition) is 2. The van der Waals surface area contributed by atoms with E-state index in [1.54, 1.807) is 0 Å². The summed E-state index contributed by atoms with van der Waals surface area (Å²) in [6.07, 6.45) is 3.04. The normalized spacial score (nSPS) is 35.3. The highest BCUT2D eigenvalue weighted by Gasteiger charge is 2.43. The highest BCUT2D eigenvalue weighted by molar-refractivity contribution is 7.91. The summed E-state index contributed by atoms with van der Waals surface area (Å²) in [5.74, 6) is -0.849. The predicted octanol–water partition coefficient (Wildman–Crippen LogP) is 0.961. The Morgan fingerprint density at radius 3 is 2.33 bits per heavy atom. The predicted molar refractivity (Wildman–Crippen MR) is 77.5 cm³/mol. The van der Waals surface area contributed by atoms with Crippen LogP contribution in [0.25, 0.3) is 0 Å². The van der Waals surface area contributed by atoms with Crippen LogP contribution in [-0.2, 0) is 19.4 Å². The van der Waals surface area contributed by atoms with Gasteiger partial charge in [0.25, 0.3) is 0 Å². The SMILES string of the molecule is CC1CCC(NC(=O)CC2CCS(=O)(=O)C2)(C(=O)O)CC1. The van der Waals surface area contributed by atoms with Gasteiger partial charge in [-0.3, -0.25) is 4.79 Å². The number of sulfone groups is 1. The molecule has 0 radical (unpaired) electrons. The molecule has 6 nitrogen and oxygen atoms in total. The Labute approximate surface area is 125 Å². The molecular weight excluding hydrogens is 294 g/mol. The van der Waals surface area contributed by atoms with Gasteiger partial charge in [-0.05, 0) is 43.9 Å². The molecule has 2 N–H and O–H groups in total. The van der Waals surface area contributed by atoms with Crippen LogP contribution in [0.3, 0.4) is 0 Å². The summed E-state index contributed by atoms with van der Waals surface area (Å²) in [6.45, 7) is 2.08. The minimum Gasteiger partial charge on any atom is -0.480 e. The van der Waals surface area contributed by atoms with Crippen molar-refractivity contribution in [2.45, 2.75) is 51.0 Å². The number of aliphatic carboxylic acids is 1. The molecule has 1 saturated carbocycles. The summed E-state index contributed by atoms with van der Waals surface area (Å²) >= 11 is 0. The van der Waals surface area contributed by atoms with Gasteiger partial charge in [0.15, 0.2) is 9.84 Å². The van der Waals surface area contributed by atoms with Gasteiger partial charge >= 0.3 is 5.97 Å². The number of hydrogen-bond acceptors (Lipinski definition) is 4. The zero-order valence-electron chi connectivity index (χ0n) is 12.3. The highest BCUT2D eigenvalue weighted by atomic mass is 32.2. The lowest BCUT2D eigenvalue weighted by Gasteiger charge is -2.36. The molecule has 1 unspecified atom stereocenters. The smallest absolute Gasteiger partial charge is 0.329 e. The first-order valence-corrected chi connectivity index (χ1v) is 9.29. The number of carbonyl (C=O) groups excluding carboxylic acids is 1. The van der Waals surface area contributed by atoms with Crippen molar-refractivity contribution in [1.82, 2.24) is 5.32 Å². The van der Waals surface area contributed by atoms with Crippen LogP contribution in [0.4, 0.5) is 0 Å². The number of carbonyl (C=O) groups is 2. The molecule has 1 amide bonds. The molecule has 0 aromatic heterocycles. The molecular formula is C14H23NO5S. The van der Waals surface area contributed by atoms with Crippen LogP contribution < -0.4 is 5.32 Å².